The van der Waals surface area contributed by atoms with Gasteiger partial charge in [0.15, 0.2) is 0 Å². The van der Waals surface area contributed by atoms with Gasteiger partial charge in [0, 0.05) is 21.7 Å². The fourth-order valence-electron chi connectivity index (χ4n) is 2.95. The zero-order valence-electron chi connectivity index (χ0n) is 16.0. The third kappa shape index (κ3) is 4.35. The van der Waals surface area contributed by atoms with E-state index in [4.69, 9.17) is 4.52 Å². The van der Waals surface area contributed by atoms with Gasteiger partial charge in [-0.3, -0.25) is 4.79 Å². The Kier molecular flexibility index (Phi) is 5.40. The average Bonchev–Trinajstić information content (AvgIpc) is 3.18. The summed E-state index contributed by atoms with van der Waals surface area (Å²) in [6, 6.07) is 19.1. The summed E-state index contributed by atoms with van der Waals surface area (Å²) in [5, 5.41) is 8.49. The number of nitrogens with zero attached hydrogens (tertiary/aromatic N) is 4. The van der Waals surface area contributed by atoms with Crippen LogP contribution in [0.25, 0.3) is 22.6 Å². The van der Waals surface area contributed by atoms with E-state index >= 15 is 0 Å². The summed E-state index contributed by atoms with van der Waals surface area (Å²) in [7, 11) is 0. The third-order valence-electron chi connectivity index (χ3n) is 4.58. The van der Waals surface area contributed by atoms with Crippen LogP contribution in [0.1, 0.15) is 31.2 Å². The van der Waals surface area contributed by atoms with Crippen LogP contribution in [0.4, 0.5) is 0 Å². The van der Waals surface area contributed by atoms with Gasteiger partial charge in [-0.05, 0) is 29.7 Å². The Labute approximate surface area is 176 Å². The highest BCUT2D eigenvalue weighted by molar-refractivity contribution is 9.10. The lowest BCUT2D eigenvalue weighted by molar-refractivity contribution is 0.363. The molecule has 7 heteroatoms. The molecule has 0 aliphatic rings. The maximum Gasteiger partial charge on any atom is 0.267 e. The Hall–Kier alpha value is -3.06. The molecule has 0 unspecified atom stereocenters. The Morgan fingerprint density at radius 2 is 1.83 bits per heavy atom. The minimum absolute atomic E-state index is 0.109. The van der Waals surface area contributed by atoms with Crippen molar-refractivity contribution in [2.45, 2.75) is 26.3 Å². The largest absolute Gasteiger partial charge is 0.337 e. The van der Waals surface area contributed by atoms with E-state index in [1.165, 1.54) is 16.3 Å². The maximum atomic E-state index is 12.3. The van der Waals surface area contributed by atoms with Gasteiger partial charge in [0.05, 0.1) is 5.69 Å². The lowest BCUT2D eigenvalue weighted by Gasteiger charge is -2.08. The van der Waals surface area contributed by atoms with Crippen molar-refractivity contribution in [3.63, 3.8) is 0 Å². The van der Waals surface area contributed by atoms with E-state index in [1.54, 1.807) is 6.07 Å². The molecule has 2 aromatic heterocycles. The average molecular weight is 451 g/mol. The molecule has 0 N–H and O–H groups in total. The topological polar surface area (TPSA) is 73.8 Å². The Morgan fingerprint density at radius 1 is 1.03 bits per heavy atom. The molecule has 0 atom stereocenters. The summed E-state index contributed by atoms with van der Waals surface area (Å²) >= 11 is 3.43. The van der Waals surface area contributed by atoms with Gasteiger partial charge in [-0.2, -0.15) is 10.1 Å². The zero-order valence-corrected chi connectivity index (χ0v) is 17.6. The molecule has 6 nitrogen and oxygen atoms in total. The Bertz CT molecular complexity index is 1200. The molecule has 4 rings (SSSR count). The maximum absolute atomic E-state index is 12.3. The van der Waals surface area contributed by atoms with E-state index in [0.29, 0.717) is 23.3 Å². The van der Waals surface area contributed by atoms with E-state index < -0.39 is 0 Å². The molecular weight excluding hydrogens is 432 g/mol. The molecule has 0 spiro atoms. The fourth-order valence-corrected chi connectivity index (χ4v) is 3.35. The monoisotopic (exact) mass is 450 g/mol. The van der Waals surface area contributed by atoms with Crippen molar-refractivity contribution in [1.29, 1.82) is 0 Å². The van der Waals surface area contributed by atoms with E-state index in [0.717, 1.165) is 15.6 Å². The van der Waals surface area contributed by atoms with Crippen molar-refractivity contribution in [3.05, 3.63) is 86.9 Å². The number of halogens is 1. The van der Waals surface area contributed by atoms with Crippen molar-refractivity contribution < 1.29 is 4.52 Å². The summed E-state index contributed by atoms with van der Waals surface area (Å²) in [6.07, 6.45) is 0. The van der Waals surface area contributed by atoms with Crippen molar-refractivity contribution in [3.8, 4) is 22.6 Å². The second-order valence-electron chi connectivity index (χ2n) is 7.01. The third-order valence-corrected chi connectivity index (χ3v) is 5.07. The van der Waals surface area contributed by atoms with Gasteiger partial charge >= 0.3 is 0 Å². The first kappa shape index (κ1) is 19.3. The van der Waals surface area contributed by atoms with Crippen LogP contribution in [0, 0.1) is 0 Å². The zero-order chi connectivity index (χ0) is 20.4. The summed E-state index contributed by atoms with van der Waals surface area (Å²) in [5.74, 6) is 1.25. The predicted octanol–water partition coefficient (Wildman–Crippen LogP) is 4.89. The van der Waals surface area contributed by atoms with Gasteiger partial charge in [0.25, 0.3) is 5.56 Å². The molecule has 0 radical (unpaired) electrons. The molecule has 2 aromatic carbocycles. The lowest BCUT2D eigenvalue weighted by atomic mass is 10.0. The second-order valence-corrected chi connectivity index (χ2v) is 7.93. The van der Waals surface area contributed by atoms with Gasteiger partial charge in [-0.25, -0.2) is 4.68 Å². The van der Waals surface area contributed by atoms with Crippen LogP contribution in [0.2, 0.25) is 0 Å². The Balaban J connectivity index is 1.60. The van der Waals surface area contributed by atoms with Crippen molar-refractivity contribution in [2.24, 2.45) is 0 Å². The smallest absolute Gasteiger partial charge is 0.267 e. The number of aromatic nitrogens is 4. The standard InChI is InChI=1S/C22H19BrN4O2/c1-14(2)15-6-8-16(9-7-15)19-10-11-21(28)27(25-19)13-20-24-22(26-29-20)17-4-3-5-18(23)12-17/h3-12,14H,13H2,1-2H3. The summed E-state index contributed by atoms with van der Waals surface area (Å²) in [6.45, 7) is 4.41. The minimum atomic E-state index is -0.227. The molecule has 146 valence electrons. The SMILES string of the molecule is CC(C)c1ccc(-c2ccc(=O)n(Cc3nc(-c4cccc(Br)c4)no3)n2)cc1. The minimum Gasteiger partial charge on any atom is -0.337 e. The molecule has 29 heavy (non-hydrogen) atoms. The van der Waals surface area contributed by atoms with Crippen LogP contribution in [0.15, 0.2) is 74.5 Å². The van der Waals surface area contributed by atoms with Gasteiger partial charge in [-0.15, -0.1) is 0 Å². The number of benzene rings is 2. The van der Waals surface area contributed by atoms with Crippen molar-refractivity contribution >= 4 is 15.9 Å². The highest BCUT2D eigenvalue weighted by Gasteiger charge is 2.12. The first-order valence-corrected chi connectivity index (χ1v) is 10.1. The summed E-state index contributed by atoms with van der Waals surface area (Å²) < 4.78 is 7.59. The van der Waals surface area contributed by atoms with Gasteiger partial charge in [0.1, 0.15) is 6.54 Å². The van der Waals surface area contributed by atoms with E-state index in [1.807, 2.05) is 36.4 Å². The molecule has 4 aromatic rings. The lowest BCUT2D eigenvalue weighted by Crippen LogP contribution is -2.23. The molecular formula is C22H19BrN4O2. The normalized spacial score (nSPS) is 11.2. The highest BCUT2D eigenvalue weighted by atomic mass is 79.9. The number of hydrogen-bond donors (Lipinski definition) is 0. The number of rotatable bonds is 5. The second kappa shape index (κ2) is 8.13. The quantitative estimate of drug-likeness (QED) is 0.432. The number of hydrogen-bond acceptors (Lipinski definition) is 5. The van der Waals surface area contributed by atoms with Crippen molar-refractivity contribution in [1.82, 2.24) is 19.9 Å². The fraction of sp³-hybridized carbons (Fsp3) is 0.182. The summed E-state index contributed by atoms with van der Waals surface area (Å²) in [4.78, 5) is 16.7. The van der Waals surface area contributed by atoms with Crippen molar-refractivity contribution in [2.75, 3.05) is 0 Å². The van der Waals surface area contributed by atoms with Crippen LogP contribution < -0.4 is 5.56 Å². The molecule has 0 amide bonds. The van der Waals surface area contributed by atoms with E-state index in [-0.39, 0.29) is 12.1 Å². The highest BCUT2D eigenvalue weighted by Crippen LogP contribution is 2.22. The molecule has 0 saturated heterocycles. The molecule has 0 aliphatic heterocycles. The van der Waals surface area contributed by atoms with E-state index in [2.05, 4.69) is 57.1 Å². The predicted molar refractivity (Wildman–Crippen MR) is 115 cm³/mol. The Morgan fingerprint density at radius 3 is 2.55 bits per heavy atom. The first-order chi connectivity index (χ1) is 14.0. The molecule has 2 heterocycles. The van der Waals surface area contributed by atoms with Crippen LogP contribution in [0.3, 0.4) is 0 Å². The van der Waals surface area contributed by atoms with E-state index in [9.17, 15) is 4.79 Å². The van der Waals surface area contributed by atoms with Gasteiger partial charge in [0.2, 0.25) is 11.7 Å². The first-order valence-electron chi connectivity index (χ1n) is 9.26. The molecule has 0 fully saturated rings. The van der Waals surface area contributed by atoms with Crippen LogP contribution in [-0.4, -0.2) is 19.9 Å². The van der Waals surface area contributed by atoms with Gasteiger partial charge < -0.3 is 4.52 Å². The van der Waals surface area contributed by atoms with Gasteiger partial charge in [-0.1, -0.05) is 71.3 Å². The molecule has 0 aliphatic carbocycles. The molecule has 0 saturated carbocycles. The summed E-state index contributed by atoms with van der Waals surface area (Å²) in [5.41, 5.74) is 3.52. The van der Waals surface area contributed by atoms with Crippen LogP contribution >= 0.6 is 15.9 Å². The molecule has 0 bridgehead atoms. The van der Waals surface area contributed by atoms with Crippen LogP contribution in [0.5, 0.6) is 0 Å². The van der Waals surface area contributed by atoms with Crippen LogP contribution in [-0.2, 0) is 6.54 Å².